The summed E-state index contributed by atoms with van der Waals surface area (Å²) in [5, 5.41) is 5.55. The van der Waals surface area contributed by atoms with E-state index >= 15 is 0 Å². The molecule has 7 nitrogen and oxygen atoms in total. The van der Waals surface area contributed by atoms with Crippen LogP contribution in [0.5, 0.6) is 17.2 Å². The van der Waals surface area contributed by atoms with Gasteiger partial charge in [-0.3, -0.25) is 9.59 Å². The van der Waals surface area contributed by atoms with Crippen LogP contribution in [0.1, 0.15) is 17.3 Å². The lowest BCUT2D eigenvalue weighted by atomic mass is 10.1. The number of benzene rings is 2. The third-order valence-corrected chi connectivity index (χ3v) is 3.97. The molecule has 25 heavy (non-hydrogen) atoms. The molecule has 0 spiro atoms. The molecule has 2 amide bonds. The molecule has 2 aliphatic rings. The Labute approximate surface area is 143 Å². The molecule has 1 unspecified atom stereocenters. The third kappa shape index (κ3) is 2.96. The van der Waals surface area contributed by atoms with Gasteiger partial charge in [0.1, 0.15) is 19.0 Å². The molecule has 128 valence electrons. The summed E-state index contributed by atoms with van der Waals surface area (Å²) in [6.45, 7) is 2.64. The van der Waals surface area contributed by atoms with Crippen molar-refractivity contribution in [2.45, 2.75) is 13.0 Å². The van der Waals surface area contributed by atoms with Crippen molar-refractivity contribution in [3.63, 3.8) is 0 Å². The van der Waals surface area contributed by atoms with Crippen LogP contribution in [0.15, 0.2) is 36.4 Å². The lowest BCUT2D eigenvalue weighted by Crippen LogP contribution is -2.34. The average molecular weight is 340 g/mol. The normalized spacial score (nSPS) is 17.8. The molecule has 2 heterocycles. The molecule has 2 aromatic carbocycles. The van der Waals surface area contributed by atoms with Crippen LogP contribution in [0.4, 0.5) is 11.4 Å². The van der Waals surface area contributed by atoms with Crippen molar-refractivity contribution < 1.29 is 23.8 Å². The lowest BCUT2D eigenvalue weighted by Gasteiger charge is -2.23. The van der Waals surface area contributed by atoms with Gasteiger partial charge >= 0.3 is 0 Å². The van der Waals surface area contributed by atoms with E-state index in [1.807, 2.05) is 0 Å². The first-order chi connectivity index (χ1) is 12.1. The summed E-state index contributed by atoms with van der Waals surface area (Å²) in [4.78, 5) is 24.2. The van der Waals surface area contributed by atoms with Crippen molar-refractivity contribution in [2.75, 3.05) is 23.8 Å². The molecule has 0 aliphatic carbocycles. The Balaban J connectivity index is 1.53. The van der Waals surface area contributed by atoms with Crippen LogP contribution >= 0.6 is 0 Å². The standard InChI is InChI=1S/C18H16N2O5/c1-10-17(21)20-13-9-12(3-5-14(13)25-10)19-18(22)11-2-4-15-16(8-11)24-7-6-23-15/h2-5,8-10H,6-7H2,1H3,(H,19,22)(H,20,21). The van der Waals surface area contributed by atoms with Crippen LogP contribution in [0.2, 0.25) is 0 Å². The Bertz CT molecular complexity index is 865. The molecule has 0 aromatic heterocycles. The number of hydrogen-bond donors (Lipinski definition) is 2. The zero-order chi connectivity index (χ0) is 17.4. The molecule has 1 atom stereocenters. The van der Waals surface area contributed by atoms with Gasteiger partial charge in [0.25, 0.3) is 11.8 Å². The van der Waals surface area contributed by atoms with Crippen molar-refractivity contribution in [3.8, 4) is 17.2 Å². The highest BCUT2D eigenvalue weighted by atomic mass is 16.6. The van der Waals surface area contributed by atoms with Gasteiger partial charge in [0.15, 0.2) is 17.6 Å². The number of anilines is 2. The summed E-state index contributed by atoms with van der Waals surface area (Å²) in [6, 6.07) is 10.1. The van der Waals surface area contributed by atoms with Crippen LogP contribution in [0, 0.1) is 0 Å². The highest BCUT2D eigenvalue weighted by molar-refractivity contribution is 6.05. The summed E-state index contributed by atoms with van der Waals surface area (Å²) in [5.41, 5.74) is 1.54. The Morgan fingerprint density at radius 1 is 1.08 bits per heavy atom. The zero-order valence-electron chi connectivity index (χ0n) is 13.5. The SMILES string of the molecule is CC1Oc2ccc(NC(=O)c3ccc4c(c3)OCCO4)cc2NC1=O. The van der Waals surface area contributed by atoms with E-state index in [1.54, 1.807) is 43.3 Å². The number of ether oxygens (including phenoxy) is 3. The van der Waals surface area contributed by atoms with E-state index in [4.69, 9.17) is 14.2 Å². The summed E-state index contributed by atoms with van der Waals surface area (Å²) < 4.78 is 16.4. The number of fused-ring (bicyclic) bond motifs is 2. The van der Waals surface area contributed by atoms with E-state index in [0.29, 0.717) is 47.4 Å². The van der Waals surface area contributed by atoms with E-state index in [0.717, 1.165) is 0 Å². The van der Waals surface area contributed by atoms with Gasteiger partial charge in [-0.2, -0.15) is 0 Å². The second kappa shape index (κ2) is 6.01. The van der Waals surface area contributed by atoms with Gasteiger partial charge in [-0.15, -0.1) is 0 Å². The quantitative estimate of drug-likeness (QED) is 0.877. The van der Waals surface area contributed by atoms with Gasteiger partial charge in [-0.25, -0.2) is 0 Å². The van der Waals surface area contributed by atoms with Crippen LogP contribution < -0.4 is 24.8 Å². The predicted octanol–water partition coefficient (Wildman–Crippen LogP) is 2.43. The summed E-state index contributed by atoms with van der Waals surface area (Å²) in [5.74, 6) is 1.25. The molecule has 2 aromatic rings. The maximum Gasteiger partial charge on any atom is 0.265 e. The largest absolute Gasteiger partial charge is 0.486 e. The van der Waals surface area contributed by atoms with Crippen LogP contribution in [0.25, 0.3) is 0 Å². The van der Waals surface area contributed by atoms with Crippen molar-refractivity contribution in [3.05, 3.63) is 42.0 Å². The Kier molecular flexibility index (Phi) is 3.68. The van der Waals surface area contributed by atoms with Crippen molar-refractivity contribution in [2.24, 2.45) is 0 Å². The molecule has 0 radical (unpaired) electrons. The molecule has 0 fully saturated rings. The van der Waals surface area contributed by atoms with Crippen LogP contribution in [-0.2, 0) is 4.79 Å². The summed E-state index contributed by atoms with van der Waals surface area (Å²) in [7, 11) is 0. The smallest absolute Gasteiger partial charge is 0.265 e. The van der Waals surface area contributed by atoms with Crippen LogP contribution in [0.3, 0.4) is 0 Å². The molecular formula is C18H16N2O5. The Morgan fingerprint density at radius 2 is 1.84 bits per heavy atom. The van der Waals surface area contributed by atoms with E-state index in [2.05, 4.69) is 10.6 Å². The van der Waals surface area contributed by atoms with Crippen LogP contribution in [-0.4, -0.2) is 31.1 Å². The van der Waals surface area contributed by atoms with Gasteiger partial charge in [0, 0.05) is 11.3 Å². The summed E-state index contributed by atoms with van der Waals surface area (Å²) in [6.07, 6.45) is -0.536. The molecular weight excluding hydrogens is 324 g/mol. The highest BCUT2D eigenvalue weighted by Crippen LogP contribution is 2.33. The number of nitrogens with one attached hydrogen (secondary N) is 2. The minimum absolute atomic E-state index is 0.220. The van der Waals surface area contributed by atoms with E-state index in [-0.39, 0.29) is 11.8 Å². The van der Waals surface area contributed by atoms with Gasteiger partial charge in [-0.1, -0.05) is 0 Å². The molecule has 2 aliphatic heterocycles. The first-order valence-corrected chi connectivity index (χ1v) is 7.93. The minimum Gasteiger partial charge on any atom is -0.486 e. The second-order valence-electron chi connectivity index (χ2n) is 5.77. The maximum atomic E-state index is 12.5. The first-order valence-electron chi connectivity index (χ1n) is 7.93. The van der Waals surface area contributed by atoms with Crippen molar-refractivity contribution in [1.82, 2.24) is 0 Å². The van der Waals surface area contributed by atoms with E-state index < -0.39 is 6.10 Å². The van der Waals surface area contributed by atoms with Crippen molar-refractivity contribution >= 4 is 23.2 Å². The van der Waals surface area contributed by atoms with E-state index in [9.17, 15) is 9.59 Å². The van der Waals surface area contributed by atoms with E-state index in [1.165, 1.54) is 0 Å². The first kappa shape index (κ1) is 15.3. The topological polar surface area (TPSA) is 85.9 Å². The predicted molar refractivity (Wildman–Crippen MR) is 90.5 cm³/mol. The number of carbonyl (C=O) groups excluding carboxylic acids is 2. The van der Waals surface area contributed by atoms with Gasteiger partial charge in [0.05, 0.1) is 5.69 Å². The number of carbonyl (C=O) groups is 2. The fraction of sp³-hybridized carbons (Fsp3) is 0.222. The number of amides is 2. The molecule has 7 heteroatoms. The molecule has 2 N–H and O–H groups in total. The molecule has 0 bridgehead atoms. The van der Waals surface area contributed by atoms with Gasteiger partial charge < -0.3 is 24.8 Å². The number of rotatable bonds is 2. The monoisotopic (exact) mass is 340 g/mol. The fourth-order valence-corrected chi connectivity index (χ4v) is 2.67. The minimum atomic E-state index is -0.536. The van der Waals surface area contributed by atoms with Gasteiger partial charge in [0.2, 0.25) is 0 Å². The number of hydrogen-bond acceptors (Lipinski definition) is 5. The fourth-order valence-electron chi connectivity index (χ4n) is 2.67. The average Bonchev–Trinajstić information content (AvgIpc) is 2.62. The maximum absolute atomic E-state index is 12.5. The molecule has 4 rings (SSSR count). The molecule has 0 saturated carbocycles. The van der Waals surface area contributed by atoms with Crippen molar-refractivity contribution in [1.29, 1.82) is 0 Å². The van der Waals surface area contributed by atoms with Gasteiger partial charge in [-0.05, 0) is 43.3 Å². The third-order valence-electron chi connectivity index (χ3n) is 3.97. The lowest BCUT2D eigenvalue weighted by molar-refractivity contribution is -0.122. The summed E-state index contributed by atoms with van der Waals surface area (Å²) >= 11 is 0. The zero-order valence-corrected chi connectivity index (χ0v) is 13.5. The Hall–Kier alpha value is -3.22. The second-order valence-corrected chi connectivity index (χ2v) is 5.77. The highest BCUT2D eigenvalue weighted by Gasteiger charge is 2.24. The Morgan fingerprint density at radius 3 is 2.68 bits per heavy atom. The molecule has 0 saturated heterocycles.